The zero-order valence-corrected chi connectivity index (χ0v) is 16.7. The van der Waals surface area contributed by atoms with E-state index in [1.54, 1.807) is 0 Å². The van der Waals surface area contributed by atoms with Gasteiger partial charge in [-0.3, -0.25) is 0 Å². The van der Waals surface area contributed by atoms with Crippen LogP contribution >= 0.6 is 11.6 Å². The molecule has 2 aromatic rings. The van der Waals surface area contributed by atoms with E-state index in [2.05, 4.69) is 15.3 Å². The summed E-state index contributed by atoms with van der Waals surface area (Å²) in [5, 5.41) is 3.95. The Morgan fingerprint density at radius 3 is 2.65 bits per heavy atom. The molecule has 0 amide bonds. The van der Waals surface area contributed by atoms with Crippen molar-refractivity contribution in [2.75, 3.05) is 28.3 Å². The summed E-state index contributed by atoms with van der Waals surface area (Å²) in [6.45, 7) is 6.48. The van der Waals surface area contributed by atoms with E-state index in [0.29, 0.717) is 29.6 Å². The van der Waals surface area contributed by atoms with E-state index < -0.39 is 9.84 Å². The van der Waals surface area contributed by atoms with E-state index in [1.807, 2.05) is 49.9 Å². The van der Waals surface area contributed by atoms with Crippen LogP contribution in [0.1, 0.15) is 24.7 Å². The van der Waals surface area contributed by atoms with Gasteiger partial charge in [0.1, 0.15) is 17.5 Å². The molecule has 1 aromatic carbocycles. The first-order valence-corrected chi connectivity index (χ1v) is 10.8. The quantitative estimate of drug-likeness (QED) is 0.836. The third-order valence-electron chi connectivity index (χ3n) is 4.55. The first kappa shape index (κ1) is 18.9. The normalized spacial score (nSPS) is 18.7. The third kappa shape index (κ3) is 4.27. The summed E-state index contributed by atoms with van der Waals surface area (Å²) in [5.41, 5.74) is 1.85. The van der Waals surface area contributed by atoms with Crippen LogP contribution < -0.4 is 10.2 Å². The summed E-state index contributed by atoms with van der Waals surface area (Å²) in [6.07, 6.45) is 0.634. The van der Waals surface area contributed by atoms with Gasteiger partial charge >= 0.3 is 0 Å². The van der Waals surface area contributed by atoms with Crippen molar-refractivity contribution in [1.29, 1.82) is 0 Å². The molecule has 0 bridgehead atoms. The lowest BCUT2D eigenvalue weighted by Crippen LogP contribution is -2.36. The van der Waals surface area contributed by atoms with Gasteiger partial charge in [0.05, 0.1) is 11.5 Å². The molecule has 2 heterocycles. The Morgan fingerprint density at radius 1 is 1.27 bits per heavy atom. The first-order chi connectivity index (χ1) is 12.3. The van der Waals surface area contributed by atoms with Gasteiger partial charge in [0.15, 0.2) is 9.84 Å². The lowest BCUT2D eigenvalue weighted by Gasteiger charge is -2.28. The fraction of sp³-hybridized carbons (Fsp3) is 0.444. The maximum Gasteiger partial charge on any atom is 0.152 e. The number of aryl methyl sites for hydroxylation is 2. The van der Waals surface area contributed by atoms with Crippen LogP contribution in [0.5, 0.6) is 0 Å². The van der Waals surface area contributed by atoms with Crippen LogP contribution in [0.15, 0.2) is 24.3 Å². The SMILES string of the molecule is CCN(c1cc(Nc2ccc(C)c(Cl)c2)nc(C)n1)C1CCS(=O)(=O)C1. The van der Waals surface area contributed by atoms with Crippen LogP contribution in [0.2, 0.25) is 5.02 Å². The van der Waals surface area contributed by atoms with E-state index >= 15 is 0 Å². The van der Waals surface area contributed by atoms with Crippen LogP contribution in [-0.2, 0) is 9.84 Å². The Morgan fingerprint density at radius 2 is 2.04 bits per heavy atom. The summed E-state index contributed by atoms with van der Waals surface area (Å²) in [5.74, 6) is 2.45. The molecule has 1 N–H and O–H groups in total. The zero-order valence-electron chi connectivity index (χ0n) is 15.2. The number of anilines is 3. The zero-order chi connectivity index (χ0) is 18.9. The molecule has 1 aliphatic rings. The minimum absolute atomic E-state index is 0.0408. The molecule has 1 unspecified atom stereocenters. The molecule has 6 nitrogen and oxygen atoms in total. The minimum Gasteiger partial charge on any atom is -0.353 e. The maximum absolute atomic E-state index is 11.8. The number of benzene rings is 1. The van der Waals surface area contributed by atoms with Gasteiger partial charge in [0.2, 0.25) is 0 Å². The second-order valence-electron chi connectivity index (χ2n) is 6.59. The van der Waals surface area contributed by atoms with Crippen molar-refractivity contribution in [3.05, 3.63) is 40.7 Å². The fourth-order valence-corrected chi connectivity index (χ4v) is 5.12. The van der Waals surface area contributed by atoms with E-state index in [0.717, 1.165) is 17.1 Å². The Bertz CT molecular complexity index is 917. The smallest absolute Gasteiger partial charge is 0.152 e. The summed E-state index contributed by atoms with van der Waals surface area (Å²) in [4.78, 5) is 11.0. The van der Waals surface area contributed by atoms with Gasteiger partial charge in [0.25, 0.3) is 0 Å². The largest absolute Gasteiger partial charge is 0.353 e. The topological polar surface area (TPSA) is 75.2 Å². The molecule has 1 aliphatic heterocycles. The maximum atomic E-state index is 11.8. The monoisotopic (exact) mass is 394 g/mol. The predicted octanol–water partition coefficient (Wildman–Crippen LogP) is 3.50. The Kier molecular flexibility index (Phi) is 5.39. The molecule has 0 radical (unpaired) electrons. The van der Waals surface area contributed by atoms with Gasteiger partial charge < -0.3 is 10.2 Å². The lowest BCUT2D eigenvalue weighted by atomic mass is 10.2. The Balaban J connectivity index is 1.87. The molecule has 26 heavy (non-hydrogen) atoms. The van der Waals surface area contributed by atoms with Gasteiger partial charge in [-0.25, -0.2) is 18.4 Å². The third-order valence-corrected chi connectivity index (χ3v) is 6.71. The molecule has 0 spiro atoms. The van der Waals surface area contributed by atoms with Crippen molar-refractivity contribution in [3.8, 4) is 0 Å². The summed E-state index contributed by atoms with van der Waals surface area (Å²) < 4.78 is 23.7. The molecule has 0 aliphatic carbocycles. The van der Waals surface area contributed by atoms with E-state index in [-0.39, 0.29) is 17.5 Å². The standard InChI is InChI=1S/C18H23ClN4O2S/c1-4-23(15-7-8-26(24,25)11-15)18-10-17(20-13(3)21-18)22-14-6-5-12(2)16(19)9-14/h5-6,9-10,15H,4,7-8,11H2,1-3H3,(H,20,21,22). The van der Waals surface area contributed by atoms with Crippen molar-refractivity contribution in [1.82, 2.24) is 9.97 Å². The van der Waals surface area contributed by atoms with Gasteiger partial charge in [-0.1, -0.05) is 17.7 Å². The number of halogens is 1. The first-order valence-electron chi connectivity index (χ1n) is 8.63. The van der Waals surface area contributed by atoms with Crippen molar-refractivity contribution >= 4 is 38.8 Å². The Labute approximate surface area is 159 Å². The number of hydrogen-bond acceptors (Lipinski definition) is 6. The van der Waals surface area contributed by atoms with Gasteiger partial charge in [-0.15, -0.1) is 0 Å². The second kappa shape index (κ2) is 7.40. The van der Waals surface area contributed by atoms with E-state index in [1.165, 1.54) is 0 Å². The molecule has 0 saturated carbocycles. The van der Waals surface area contributed by atoms with Crippen molar-refractivity contribution in [2.24, 2.45) is 0 Å². The molecule has 1 aromatic heterocycles. The molecular formula is C18H23ClN4O2S. The predicted molar refractivity (Wildman–Crippen MR) is 106 cm³/mol. The van der Waals surface area contributed by atoms with Crippen LogP contribution in [0.3, 0.4) is 0 Å². The van der Waals surface area contributed by atoms with E-state index in [9.17, 15) is 8.42 Å². The lowest BCUT2D eigenvalue weighted by molar-refractivity contribution is 0.599. The molecule has 1 saturated heterocycles. The molecule has 1 atom stereocenters. The number of sulfone groups is 1. The van der Waals surface area contributed by atoms with Gasteiger partial charge in [0, 0.05) is 29.4 Å². The van der Waals surface area contributed by atoms with Crippen LogP contribution in [0.25, 0.3) is 0 Å². The number of nitrogens with zero attached hydrogens (tertiary/aromatic N) is 3. The number of aromatic nitrogens is 2. The van der Waals surface area contributed by atoms with Crippen molar-refractivity contribution in [2.45, 2.75) is 33.2 Å². The summed E-state index contributed by atoms with van der Waals surface area (Å²) in [6, 6.07) is 7.56. The molecule has 3 rings (SSSR count). The average molecular weight is 395 g/mol. The highest BCUT2D eigenvalue weighted by Gasteiger charge is 2.32. The number of nitrogens with one attached hydrogen (secondary N) is 1. The van der Waals surface area contributed by atoms with Crippen molar-refractivity contribution in [3.63, 3.8) is 0 Å². The highest BCUT2D eigenvalue weighted by Crippen LogP contribution is 2.27. The van der Waals surface area contributed by atoms with Crippen molar-refractivity contribution < 1.29 is 8.42 Å². The highest BCUT2D eigenvalue weighted by atomic mass is 35.5. The fourth-order valence-electron chi connectivity index (χ4n) is 3.21. The van der Waals surface area contributed by atoms with Crippen LogP contribution in [0.4, 0.5) is 17.3 Å². The van der Waals surface area contributed by atoms with Crippen LogP contribution in [0, 0.1) is 13.8 Å². The summed E-state index contributed by atoms with van der Waals surface area (Å²) in [7, 11) is -2.95. The molecular weight excluding hydrogens is 372 g/mol. The number of rotatable bonds is 5. The van der Waals surface area contributed by atoms with Crippen LogP contribution in [-0.4, -0.2) is 42.5 Å². The minimum atomic E-state index is -2.95. The Hall–Kier alpha value is -1.86. The molecule has 140 valence electrons. The average Bonchev–Trinajstić information content (AvgIpc) is 2.91. The van der Waals surface area contributed by atoms with Gasteiger partial charge in [-0.2, -0.15) is 0 Å². The van der Waals surface area contributed by atoms with Gasteiger partial charge in [-0.05, 0) is 44.9 Å². The second-order valence-corrected chi connectivity index (χ2v) is 9.23. The summed E-state index contributed by atoms with van der Waals surface area (Å²) >= 11 is 6.19. The highest BCUT2D eigenvalue weighted by molar-refractivity contribution is 7.91. The molecule has 8 heteroatoms. The van der Waals surface area contributed by atoms with E-state index in [4.69, 9.17) is 11.6 Å². The molecule has 1 fully saturated rings. The number of hydrogen-bond donors (Lipinski definition) is 1.